The minimum atomic E-state index is -0.206. The number of hydrogen-bond acceptors (Lipinski definition) is 4. The third-order valence-corrected chi connectivity index (χ3v) is 4.51. The molecule has 0 spiro atoms. The maximum absolute atomic E-state index is 11.8. The molecule has 1 unspecified atom stereocenters. The Morgan fingerprint density at radius 2 is 1.88 bits per heavy atom. The van der Waals surface area contributed by atoms with Crippen molar-refractivity contribution in [3.05, 3.63) is 0 Å². The molecule has 1 rings (SSSR count). The minimum Gasteiger partial charge on any atom is -0.450 e. The van der Waals surface area contributed by atoms with Crippen LogP contribution in [0.2, 0.25) is 0 Å². The van der Waals surface area contributed by atoms with E-state index in [2.05, 4.69) is 31.4 Å². The first kappa shape index (κ1) is 22.5. The average Bonchev–Trinajstić information content (AvgIpc) is 2.61. The second-order valence-electron chi connectivity index (χ2n) is 6.89. The van der Waals surface area contributed by atoms with Crippen molar-refractivity contribution >= 4 is 12.1 Å². The van der Waals surface area contributed by atoms with Gasteiger partial charge in [0.25, 0.3) is 0 Å². The van der Waals surface area contributed by atoms with Crippen LogP contribution in [-0.4, -0.2) is 68.5 Å². The normalized spacial score (nSPS) is 17.3. The monoisotopic (exact) mass is 370 g/mol. The highest BCUT2D eigenvalue weighted by molar-refractivity contribution is 5.80. The summed E-state index contributed by atoms with van der Waals surface area (Å²) in [7, 11) is 0. The summed E-state index contributed by atoms with van der Waals surface area (Å²) in [5, 5.41) is 6.81. The number of nitrogens with one attached hydrogen (secondary N) is 2. The van der Waals surface area contributed by atoms with Crippen LogP contribution >= 0.6 is 0 Å². The van der Waals surface area contributed by atoms with Gasteiger partial charge in [0.2, 0.25) is 0 Å². The van der Waals surface area contributed by atoms with Crippen LogP contribution in [0.5, 0.6) is 0 Å². The van der Waals surface area contributed by atoms with E-state index in [-0.39, 0.29) is 12.2 Å². The van der Waals surface area contributed by atoms with Crippen LogP contribution in [-0.2, 0) is 9.47 Å². The van der Waals surface area contributed by atoms with E-state index in [0.717, 1.165) is 58.0 Å². The predicted molar refractivity (Wildman–Crippen MR) is 106 cm³/mol. The van der Waals surface area contributed by atoms with Crippen molar-refractivity contribution in [2.24, 2.45) is 10.9 Å². The quantitative estimate of drug-likeness (QED) is 0.482. The Bertz CT molecular complexity index is 421. The molecule has 1 aliphatic heterocycles. The molecule has 7 heteroatoms. The molecule has 0 radical (unpaired) electrons. The van der Waals surface area contributed by atoms with Crippen LogP contribution in [0, 0.1) is 5.92 Å². The molecule has 0 aliphatic carbocycles. The van der Waals surface area contributed by atoms with Crippen LogP contribution in [0.15, 0.2) is 4.99 Å². The summed E-state index contributed by atoms with van der Waals surface area (Å²) >= 11 is 0. The summed E-state index contributed by atoms with van der Waals surface area (Å²) < 4.78 is 10.9. The van der Waals surface area contributed by atoms with Gasteiger partial charge >= 0.3 is 6.09 Å². The van der Waals surface area contributed by atoms with Gasteiger partial charge in [0.15, 0.2) is 5.96 Å². The molecule has 1 fully saturated rings. The Morgan fingerprint density at radius 3 is 2.42 bits per heavy atom. The number of rotatable bonds is 9. The maximum Gasteiger partial charge on any atom is 0.409 e. The Balaban J connectivity index is 2.46. The van der Waals surface area contributed by atoms with Crippen LogP contribution < -0.4 is 10.6 Å². The van der Waals surface area contributed by atoms with E-state index in [1.165, 1.54) is 0 Å². The van der Waals surface area contributed by atoms with E-state index < -0.39 is 0 Å². The standard InChI is InChI=1S/C19H38N4O3/c1-6-20-18(21-12-9-17(15(4)5)25-7-2)22-16-10-13-23(14-11-16)19(24)26-8-3/h15-17H,6-14H2,1-5H3,(H2,20,21,22). The van der Waals surface area contributed by atoms with Crippen molar-refractivity contribution < 1.29 is 14.3 Å². The number of carbonyl (C=O) groups excluding carboxylic acids is 1. The molecule has 0 aromatic rings. The van der Waals surface area contributed by atoms with Gasteiger partial charge in [0.05, 0.1) is 12.7 Å². The molecule has 0 aromatic heterocycles. The summed E-state index contributed by atoms with van der Waals surface area (Å²) in [4.78, 5) is 18.3. The fourth-order valence-electron chi connectivity index (χ4n) is 3.06. The van der Waals surface area contributed by atoms with E-state index in [1.54, 1.807) is 4.90 Å². The molecule has 1 heterocycles. The van der Waals surface area contributed by atoms with E-state index in [4.69, 9.17) is 14.5 Å². The molecule has 1 saturated heterocycles. The Morgan fingerprint density at radius 1 is 1.19 bits per heavy atom. The molecule has 152 valence electrons. The largest absolute Gasteiger partial charge is 0.450 e. The van der Waals surface area contributed by atoms with Crippen molar-refractivity contribution in [1.82, 2.24) is 15.5 Å². The smallest absolute Gasteiger partial charge is 0.409 e. The Labute approximate surface area is 158 Å². The van der Waals surface area contributed by atoms with Crippen LogP contribution in [0.1, 0.15) is 53.9 Å². The second-order valence-corrected chi connectivity index (χ2v) is 6.89. The zero-order chi connectivity index (χ0) is 19.4. The number of carbonyl (C=O) groups is 1. The summed E-state index contributed by atoms with van der Waals surface area (Å²) in [5.41, 5.74) is 0. The van der Waals surface area contributed by atoms with Crippen LogP contribution in [0.4, 0.5) is 4.79 Å². The molecule has 0 aromatic carbocycles. The molecule has 1 amide bonds. The van der Waals surface area contributed by atoms with Gasteiger partial charge in [0.1, 0.15) is 0 Å². The lowest BCUT2D eigenvalue weighted by atomic mass is 10.0. The van der Waals surface area contributed by atoms with Gasteiger partial charge in [-0.25, -0.2) is 4.79 Å². The third kappa shape index (κ3) is 8.25. The number of hydrogen-bond donors (Lipinski definition) is 2. The SMILES string of the molecule is CCNC(=NCCC(OCC)C(C)C)NC1CCN(C(=O)OCC)CC1. The second kappa shape index (κ2) is 12.8. The third-order valence-electron chi connectivity index (χ3n) is 4.51. The van der Waals surface area contributed by atoms with Crippen molar-refractivity contribution in [1.29, 1.82) is 0 Å². The molecular formula is C19H38N4O3. The van der Waals surface area contributed by atoms with Gasteiger partial charge in [-0.05, 0) is 46.0 Å². The molecule has 26 heavy (non-hydrogen) atoms. The molecular weight excluding hydrogens is 332 g/mol. The van der Waals surface area contributed by atoms with Gasteiger partial charge in [-0.2, -0.15) is 0 Å². The van der Waals surface area contributed by atoms with Gasteiger partial charge in [0, 0.05) is 38.8 Å². The summed E-state index contributed by atoms with van der Waals surface area (Å²) in [6.45, 7) is 14.5. The number of aliphatic imine (C=N–C) groups is 1. The lowest BCUT2D eigenvalue weighted by molar-refractivity contribution is 0.0266. The first-order chi connectivity index (χ1) is 12.5. The molecule has 2 N–H and O–H groups in total. The summed E-state index contributed by atoms with van der Waals surface area (Å²) in [5.74, 6) is 1.34. The zero-order valence-electron chi connectivity index (χ0n) is 17.2. The first-order valence-electron chi connectivity index (χ1n) is 10.1. The fraction of sp³-hybridized carbons (Fsp3) is 0.895. The molecule has 1 aliphatic rings. The Kier molecular flexibility index (Phi) is 11.1. The predicted octanol–water partition coefficient (Wildman–Crippen LogP) is 2.61. The van der Waals surface area contributed by atoms with E-state index in [0.29, 0.717) is 18.6 Å². The Hall–Kier alpha value is -1.50. The number of ether oxygens (including phenoxy) is 2. The minimum absolute atomic E-state index is 0.206. The fourth-order valence-corrected chi connectivity index (χ4v) is 3.06. The number of amides is 1. The summed E-state index contributed by atoms with van der Waals surface area (Å²) in [6.07, 6.45) is 2.76. The first-order valence-corrected chi connectivity index (χ1v) is 10.1. The van der Waals surface area contributed by atoms with Gasteiger partial charge in [-0.1, -0.05) is 13.8 Å². The topological polar surface area (TPSA) is 75.2 Å². The van der Waals surface area contributed by atoms with Crippen LogP contribution in [0.25, 0.3) is 0 Å². The van der Waals surface area contributed by atoms with Gasteiger partial charge in [-0.3, -0.25) is 4.99 Å². The van der Waals surface area contributed by atoms with Crippen molar-refractivity contribution in [2.75, 3.05) is 39.4 Å². The lowest BCUT2D eigenvalue weighted by Crippen LogP contribution is -2.50. The number of piperidine rings is 1. The highest BCUT2D eigenvalue weighted by Gasteiger charge is 2.24. The molecule has 1 atom stereocenters. The average molecular weight is 371 g/mol. The number of nitrogens with zero attached hydrogens (tertiary/aromatic N) is 2. The van der Waals surface area contributed by atoms with E-state index in [9.17, 15) is 4.79 Å². The maximum atomic E-state index is 11.8. The molecule has 0 bridgehead atoms. The number of guanidine groups is 1. The molecule has 7 nitrogen and oxygen atoms in total. The van der Waals surface area contributed by atoms with E-state index in [1.807, 2.05) is 13.8 Å². The molecule has 0 saturated carbocycles. The zero-order valence-corrected chi connectivity index (χ0v) is 17.2. The number of likely N-dealkylation sites (tertiary alicyclic amines) is 1. The summed E-state index contributed by atoms with van der Waals surface area (Å²) in [6, 6.07) is 0.325. The highest BCUT2D eigenvalue weighted by atomic mass is 16.6. The van der Waals surface area contributed by atoms with Gasteiger partial charge < -0.3 is 25.0 Å². The van der Waals surface area contributed by atoms with E-state index >= 15 is 0 Å². The van der Waals surface area contributed by atoms with Gasteiger partial charge in [-0.15, -0.1) is 0 Å². The van der Waals surface area contributed by atoms with Crippen LogP contribution in [0.3, 0.4) is 0 Å². The van der Waals surface area contributed by atoms with Crippen molar-refractivity contribution in [3.8, 4) is 0 Å². The van der Waals surface area contributed by atoms with Crippen molar-refractivity contribution in [2.45, 2.75) is 66.0 Å². The van der Waals surface area contributed by atoms with Crippen molar-refractivity contribution in [3.63, 3.8) is 0 Å². The highest BCUT2D eigenvalue weighted by Crippen LogP contribution is 2.12. The lowest BCUT2D eigenvalue weighted by Gasteiger charge is -2.32.